The van der Waals surface area contributed by atoms with E-state index in [0.717, 1.165) is 24.0 Å². The predicted molar refractivity (Wildman–Crippen MR) is 126 cm³/mol. The first kappa shape index (κ1) is 26.5. The first-order chi connectivity index (χ1) is 14.4. The molecule has 2 atom stereocenters. The van der Waals surface area contributed by atoms with Crippen molar-refractivity contribution < 1.29 is 25.9 Å². The molecule has 8 heteroatoms. The molecule has 0 heterocycles. The van der Waals surface area contributed by atoms with Crippen molar-refractivity contribution in [2.24, 2.45) is 10.8 Å². The van der Waals surface area contributed by atoms with Crippen LogP contribution in [-0.4, -0.2) is 25.9 Å². The summed E-state index contributed by atoms with van der Waals surface area (Å²) in [6.45, 7) is 12.8. The Labute approximate surface area is 192 Å². The molecule has 0 radical (unpaired) electrons. The molecule has 0 saturated heterocycles. The van der Waals surface area contributed by atoms with Gasteiger partial charge in [0, 0.05) is 0 Å². The zero-order chi connectivity index (χ0) is 24.5. The van der Waals surface area contributed by atoms with Crippen molar-refractivity contribution in [1.29, 1.82) is 0 Å². The fraction of sp³-hybridized carbons (Fsp3) is 0.500. The fourth-order valence-electron chi connectivity index (χ4n) is 4.13. The van der Waals surface area contributed by atoms with Crippen LogP contribution in [0.2, 0.25) is 0 Å². The number of benzene rings is 2. The Balaban J connectivity index is 2.47. The van der Waals surface area contributed by atoms with Gasteiger partial charge in [-0.05, 0) is 70.9 Å². The summed E-state index contributed by atoms with van der Waals surface area (Å²) in [6.07, 6.45) is 1.62. The molecule has 0 spiro atoms. The third kappa shape index (κ3) is 7.40. The number of rotatable bonds is 7. The molecule has 2 aromatic rings. The summed E-state index contributed by atoms with van der Waals surface area (Å²) in [5.74, 6) is 0.183. The van der Waals surface area contributed by atoms with Gasteiger partial charge in [-0.3, -0.25) is 9.11 Å². The molecule has 0 aliphatic carbocycles. The SMILES string of the molecule is CC(C)(C)CC(CC(c1ccc(S(=O)(=O)O)cc1)C(C)(C)C)c1ccc(S(=O)(=O)O)cc1. The van der Waals surface area contributed by atoms with Crippen molar-refractivity contribution in [3.8, 4) is 0 Å². The summed E-state index contributed by atoms with van der Waals surface area (Å²) in [5.41, 5.74) is 1.84. The molecule has 2 rings (SSSR count). The van der Waals surface area contributed by atoms with Crippen LogP contribution in [0.3, 0.4) is 0 Å². The minimum absolute atomic E-state index is 0.0175. The lowest BCUT2D eigenvalue weighted by Crippen LogP contribution is -2.23. The van der Waals surface area contributed by atoms with E-state index in [4.69, 9.17) is 0 Å². The molecule has 2 aromatic carbocycles. The first-order valence-electron chi connectivity index (χ1n) is 10.5. The Kier molecular flexibility index (Phi) is 7.66. The van der Waals surface area contributed by atoms with Crippen LogP contribution in [0, 0.1) is 10.8 Å². The summed E-state index contributed by atoms with van der Waals surface area (Å²) < 4.78 is 64.3. The highest BCUT2D eigenvalue weighted by molar-refractivity contribution is 7.86. The maximum Gasteiger partial charge on any atom is 0.294 e. The van der Waals surface area contributed by atoms with Crippen LogP contribution < -0.4 is 0 Å². The van der Waals surface area contributed by atoms with Gasteiger partial charge in [0.25, 0.3) is 20.2 Å². The molecule has 0 aliphatic rings. The Morgan fingerprint density at radius 2 is 1.06 bits per heavy atom. The van der Waals surface area contributed by atoms with Crippen LogP contribution in [0.1, 0.15) is 77.3 Å². The zero-order valence-electron chi connectivity index (χ0n) is 19.5. The first-order valence-corrected chi connectivity index (χ1v) is 13.4. The van der Waals surface area contributed by atoms with E-state index in [0.29, 0.717) is 0 Å². The molecule has 0 aromatic heterocycles. The minimum atomic E-state index is -4.26. The molecular weight excluding hydrogens is 448 g/mol. The van der Waals surface area contributed by atoms with Crippen LogP contribution >= 0.6 is 0 Å². The molecule has 178 valence electrons. The fourth-order valence-corrected chi connectivity index (χ4v) is 5.09. The minimum Gasteiger partial charge on any atom is -0.282 e. The molecule has 2 unspecified atom stereocenters. The van der Waals surface area contributed by atoms with E-state index in [2.05, 4.69) is 41.5 Å². The largest absolute Gasteiger partial charge is 0.294 e. The number of hydrogen-bond donors (Lipinski definition) is 2. The zero-order valence-corrected chi connectivity index (χ0v) is 21.2. The maximum absolute atomic E-state index is 11.4. The van der Waals surface area contributed by atoms with Gasteiger partial charge in [0.15, 0.2) is 0 Å². The van der Waals surface area contributed by atoms with E-state index in [9.17, 15) is 25.9 Å². The second-order valence-corrected chi connectivity index (χ2v) is 13.5. The molecule has 0 bridgehead atoms. The van der Waals surface area contributed by atoms with Crippen molar-refractivity contribution in [1.82, 2.24) is 0 Å². The third-order valence-corrected chi connectivity index (χ3v) is 7.39. The van der Waals surface area contributed by atoms with Crippen LogP contribution in [-0.2, 0) is 20.2 Å². The van der Waals surface area contributed by atoms with Gasteiger partial charge in [-0.2, -0.15) is 16.8 Å². The van der Waals surface area contributed by atoms with Gasteiger partial charge in [0.05, 0.1) is 9.79 Å². The summed E-state index contributed by atoms with van der Waals surface area (Å²) >= 11 is 0. The van der Waals surface area contributed by atoms with Crippen molar-refractivity contribution in [2.45, 2.75) is 76.0 Å². The topological polar surface area (TPSA) is 109 Å². The van der Waals surface area contributed by atoms with Crippen LogP contribution in [0.4, 0.5) is 0 Å². The highest BCUT2D eigenvalue weighted by atomic mass is 32.2. The van der Waals surface area contributed by atoms with E-state index in [1.165, 1.54) is 24.3 Å². The molecule has 2 N–H and O–H groups in total. The lowest BCUT2D eigenvalue weighted by atomic mass is 9.68. The molecule has 0 saturated carbocycles. The molecule has 0 fully saturated rings. The van der Waals surface area contributed by atoms with E-state index in [1.807, 2.05) is 0 Å². The summed E-state index contributed by atoms with van der Waals surface area (Å²) in [5, 5.41) is 0. The molecule has 0 aliphatic heterocycles. The Morgan fingerprint density at radius 1 is 0.688 bits per heavy atom. The van der Waals surface area contributed by atoms with Crippen LogP contribution in [0.15, 0.2) is 58.3 Å². The third-order valence-electron chi connectivity index (χ3n) is 5.65. The smallest absolute Gasteiger partial charge is 0.282 e. The van der Waals surface area contributed by atoms with Crippen LogP contribution in [0.25, 0.3) is 0 Å². The lowest BCUT2D eigenvalue weighted by Gasteiger charge is -2.36. The Bertz CT molecular complexity index is 1120. The average molecular weight is 483 g/mol. The predicted octanol–water partition coefficient (Wildman–Crippen LogP) is 5.92. The highest BCUT2D eigenvalue weighted by Crippen LogP contribution is 2.45. The van der Waals surface area contributed by atoms with Crippen molar-refractivity contribution >= 4 is 20.2 Å². The summed E-state index contributed by atoms with van der Waals surface area (Å²) in [7, 11) is -8.51. The highest BCUT2D eigenvalue weighted by Gasteiger charge is 2.32. The molecule has 32 heavy (non-hydrogen) atoms. The number of hydrogen-bond acceptors (Lipinski definition) is 4. The summed E-state index contributed by atoms with van der Waals surface area (Å²) in [6, 6.07) is 12.7. The molecule has 0 amide bonds. The van der Waals surface area contributed by atoms with Gasteiger partial charge in [-0.25, -0.2) is 0 Å². The van der Waals surface area contributed by atoms with Gasteiger partial charge in [0.1, 0.15) is 0 Å². The van der Waals surface area contributed by atoms with Gasteiger partial charge in [-0.1, -0.05) is 65.8 Å². The van der Waals surface area contributed by atoms with Gasteiger partial charge in [0.2, 0.25) is 0 Å². The van der Waals surface area contributed by atoms with Gasteiger partial charge in [-0.15, -0.1) is 0 Å². The van der Waals surface area contributed by atoms with Crippen LogP contribution in [0.5, 0.6) is 0 Å². The van der Waals surface area contributed by atoms with Crippen molar-refractivity contribution in [2.75, 3.05) is 0 Å². The van der Waals surface area contributed by atoms with Crippen molar-refractivity contribution in [3.05, 3.63) is 59.7 Å². The molecular formula is C24H34O6S2. The van der Waals surface area contributed by atoms with E-state index in [-0.39, 0.29) is 32.5 Å². The van der Waals surface area contributed by atoms with Crippen molar-refractivity contribution in [3.63, 3.8) is 0 Å². The van der Waals surface area contributed by atoms with E-state index >= 15 is 0 Å². The standard InChI is InChI=1S/C24H34O6S2/c1-23(2,3)16-19(17-7-11-20(12-8-17)31(25,26)27)15-22(24(4,5)6)18-9-13-21(14-10-18)32(28,29)30/h7-14,19,22H,15-16H2,1-6H3,(H,25,26,27)(H,28,29,30). The lowest BCUT2D eigenvalue weighted by molar-refractivity contribution is 0.256. The Hall–Kier alpha value is -1.74. The average Bonchev–Trinajstić information content (AvgIpc) is 2.62. The monoisotopic (exact) mass is 482 g/mol. The second-order valence-electron chi connectivity index (χ2n) is 10.7. The Morgan fingerprint density at radius 3 is 1.38 bits per heavy atom. The maximum atomic E-state index is 11.4. The summed E-state index contributed by atoms with van der Waals surface area (Å²) in [4.78, 5) is -0.273. The van der Waals surface area contributed by atoms with Gasteiger partial charge >= 0.3 is 0 Å². The van der Waals surface area contributed by atoms with E-state index < -0.39 is 20.2 Å². The van der Waals surface area contributed by atoms with Gasteiger partial charge < -0.3 is 0 Å². The normalized spacial score (nSPS) is 15.4. The second kappa shape index (κ2) is 9.25. The molecule has 6 nitrogen and oxygen atoms in total. The van der Waals surface area contributed by atoms with E-state index in [1.54, 1.807) is 24.3 Å². The quantitative estimate of drug-likeness (QED) is 0.474.